The third-order valence-electron chi connectivity index (χ3n) is 9.49. The van der Waals surface area contributed by atoms with Gasteiger partial charge in [-0.3, -0.25) is 9.98 Å². The molecule has 2 aromatic carbocycles. The summed E-state index contributed by atoms with van der Waals surface area (Å²) < 4.78 is 0. The first-order chi connectivity index (χ1) is 22.0. The minimum atomic E-state index is 0.890. The molecule has 45 heavy (non-hydrogen) atoms. The summed E-state index contributed by atoms with van der Waals surface area (Å²) >= 11 is 0. The van der Waals surface area contributed by atoms with Gasteiger partial charge in [-0.25, -0.2) is 0 Å². The van der Waals surface area contributed by atoms with E-state index in [9.17, 15) is 0 Å². The van der Waals surface area contributed by atoms with Gasteiger partial charge < -0.3 is 0 Å². The van der Waals surface area contributed by atoms with Gasteiger partial charge in [0.2, 0.25) is 0 Å². The maximum Gasteiger partial charge on any atom is 0.0639 e. The van der Waals surface area contributed by atoms with Crippen molar-refractivity contribution in [3.8, 4) is 0 Å². The summed E-state index contributed by atoms with van der Waals surface area (Å²) in [7, 11) is 0. The van der Waals surface area contributed by atoms with Crippen molar-refractivity contribution in [2.75, 3.05) is 0 Å². The predicted octanol–water partition coefficient (Wildman–Crippen LogP) is 13.8. The molecule has 0 radical (unpaired) electrons. The van der Waals surface area contributed by atoms with Crippen molar-refractivity contribution < 1.29 is 0 Å². The van der Waals surface area contributed by atoms with Gasteiger partial charge >= 0.3 is 0 Å². The van der Waals surface area contributed by atoms with Gasteiger partial charge in [-0.2, -0.15) is 0 Å². The molecule has 0 aliphatic rings. The summed E-state index contributed by atoms with van der Waals surface area (Å²) in [6.45, 7) is 18.3. The van der Waals surface area contributed by atoms with Gasteiger partial charge in [-0.15, -0.1) is 0 Å². The molecule has 0 fully saturated rings. The molecule has 0 saturated heterocycles. The molecule has 0 spiro atoms. The summed E-state index contributed by atoms with van der Waals surface area (Å²) in [6, 6.07) is 9.63. The fourth-order valence-electron chi connectivity index (χ4n) is 6.70. The smallest absolute Gasteiger partial charge is 0.0639 e. The van der Waals surface area contributed by atoms with E-state index in [1.165, 1.54) is 127 Å². The summed E-state index contributed by atoms with van der Waals surface area (Å²) in [4.78, 5) is 10.6. The van der Waals surface area contributed by atoms with Crippen LogP contribution in [0.5, 0.6) is 0 Å². The van der Waals surface area contributed by atoms with Gasteiger partial charge in [0.15, 0.2) is 0 Å². The van der Waals surface area contributed by atoms with Crippen LogP contribution in [-0.2, 0) is 38.5 Å². The Hall–Kier alpha value is -2.22. The quantitative estimate of drug-likeness (QED) is 0.0830. The van der Waals surface area contributed by atoms with Crippen LogP contribution in [0.25, 0.3) is 0 Å². The molecular weight excluding hydrogens is 544 g/mol. The third kappa shape index (κ3) is 13.6. The fourth-order valence-corrected chi connectivity index (χ4v) is 6.70. The van der Waals surface area contributed by atoms with E-state index in [2.05, 4.69) is 79.7 Å². The third-order valence-corrected chi connectivity index (χ3v) is 9.49. The Morgan fingerprint density at radius 3 is 1.24 bits per heavy atom. The molecule has 2 aromatic rings. The first-order valence-corrected chi connectivity index (χ1v) is 19.4. The lowest BCUT2D eigenvalue weighted by atomic mass is 9.90. The number of aryl methyl sites for hydroxylation is 4. The van der Waals surface area contributed by atoms with Crippen LogP contribution < -0.4 is 0 Å². The van der Waals surface area contributed by atoms with Gasteiger partial charge in [-0.1, -0.05) is 106 Å². The largest absolute Gasteiger partial charge is 0.252 e. The number of nitrogens with zero attached hydrogens (tertiary/aromatic N) is 2. The van der Waals surface area contributed by atoms with Crippen molar-refractivity contribution in [3.05, 3.63) is 57.6 Å². The van der Waals surface area contributed by atoms with E-state index in [1.807, 2.05) is 0 Å². The van der Waals surface area contributed by atoms with E-state index in [-0.39, 0.29) is 0 Å². The highest BCUT2D eigenvalue weighted by molar-refractivity contribution is 6.42. The number of aliphatic imine (C=N–C) groups is 2. The highest BCUT2D eigenvalue weighted by Gasteiger charge is 2.14. The van der Waals surface area contributed by atoms with Gasteiger partial charge in [0, 0.05) is 0 Å². The number of benzene rings is 2. The van der Waals surface area contributed by atoms with Crippen LogP contribution in [0.4, 0.5) is 11.4 Å². The maximum absolute atomic E-state index is 5.34. The van der Waals surface area contributed by atoms with Gasteiger partial charge in [-0.05, 0) is 142 Å². The first-order valence-electron chi connectivity index (χ1n) is 19.4. The molecule has 0 saturated carbocycles. The van der Waals surface area contributed by atoms with Crippen molar-refractivity contribution in [1.82, 2.24) is 0 Å². The predicted molar refractivity (Wildman–Crippen MR) is 204 cm³/mol. The van der Waals surface area contributed by atoms with Gasteiger partial charge in [0.05, 0.1) is 22.8 Å². The second-order valence-corrected chi connectivity index (χ2v) is 13.4. The maximum atomic E-state index is 5.34. The standard InChI is InChI=1S/C43H70N2/c1-9-16-21-23-28-41-35(14-6)30-39(31-36(41)25-18-11-3)44-34(8)43(15-7)45-40-32-37(26-19-12-4)42(29-24-22-17-10-2)38(33-40)27-20-13-5/h30-33H,9-29H2,1-8H3. The fraction of sp³-hybridized carbons (Fsp3) is 0.674. The van der Waals surface area contributed by atoms with Crippen LogP contribution in [0.3, 0.4) is 0 Å². The summed E-state index contributed by atoms with van der Waals surface area (Å²) in [6.07, 6.45) is 25.9. The molecule has 0 N–H and O–H groups in total. The van der Waals surface area contributed by atoms with E-state index < -0.39 is 0 Å². The minimum absolute atomic E-state index is 0.890. The molecule has 0 aromatic heterocycles. The first kappa shape index (κ1) is 39.0. The molecule has 0 unspecified atom stereocenters. The van der Waals surface area contributed by atoms with E-state index in [1.54, 1.807) is 22.3 Å². The van der Waals surface area contributed by atoms with Crippen molar-refractivity contribution >= 4 is 22.8 Å². The monoisotopic (exact) mass is 615 g/mol. The Kier molecular flexibility index (Phi) is 20.0. The normalized spacial score (nSPS) is 12.4. The number of hydrogen-bond acceptors (Lipinski definition) is 2. The van der Waals surface area contributed by atoms with Crippen molar-refractivity contribution in [2.45, 2.75) is 190 Å². The number of rotatable bonds is 24. The molecule has 0 bridgehead atoms. The SMILES string of the molecule is CCCCCCc1c(CC)cc(N=C(C)C(CC)=Nc2cc(CCCC)c(CCCCCC)c(CCCC)c2)cc1CCCC. The zero-order chi connectivity index (χ0) is 32.9. The molecule has 0 aliphatic heterocycles. The lowest BCUT2D eigenvalue weighted by Gasteiger charge is -2.17. The average molecular weight is 615 g/mol. The highest BCUT2D eigenvalue weighted by Crippen LogP contribution is 2.30. The van der Waals surface area contributed by atoms with Crippen LogP contribution in [0.2, 0.25) is 0 Å². The number of hydrogen-bond donors (Lipinski definition) is 0. The van der Waals surface area contributed by atoms with E-state index in [0.29, 0.717) is 0 Å². The molecule has 0 amide bonds. The van der Waals surface area contributed by atoms with Crippen molar-refractivity contribution in [1.29, 1.82) is 0 Å². The Morgan fingerprint density at radius 2 is 0.844 bits per heavy atom. The van der Waals surface area contributed by atoms with E-state index in [4.69, 9.17) is 9.98 Å². The zero-order valence-corrected chi connectivity index (χ0v) is 31.1. The number of unbranched alkanes of at least 4 members (excludes halogenated alkanes) is 9. The molecule has 0 heterocycles. The minimum Gasteiger partial charge on any atom is -0.252 e. The van der Waals surface area contributed by atoms with Crippen LogP contribution >= 0.6 is 0 Å². The summed E-state index contributed by atoms with van der Waals surface area (Å²) in [5, 5.41) is 0. The average Bonchev–Trinajstić information content (AvgIpc) is 3.05. The van der Waals surface area contributed by atoms with Crippen LogP contribution in [0.15, 0.2) is 34.3 Å². The molecular formula is C43H70N2. The van der Waals surface area contributed by atoms with Gasteiger partial charge in [0.1, 0.15) is 0 Å². The van der Waals surface area contributed by atoms with Crippen LogP contribution in [-0.4, -0.2) is 11.4 Å². The van der Waals surface area contributed by atoms with Crippen LogP contribution in [0.1, 0.15) is 185 Å². The second kappa shape index (κ2) is 23.2. The highest BCUT2D eigenvalue weighted by atomic mass is 14.8. The molecule has 2 nitrogen and oxygen atoms in total. The van der Waals surface area contributed by atoms with Crippen molar-refractivity contribution in [2.24, 2.45) is 9.98 Å². The molecule has 0 atom stereocenters. The molecule has 252 valence electrons. The van der Waals surface area contributed by atoms with Crippen LogP contribution in [0, 0.1) is 0 Å². The summed E-state index contributed by atoms with van der Waals surface area (Å²) in [5.41, 5.74) is 13.8. The zero-order valence-electron chi connectivity index (χ0n) is 31.1. The Balaban J connectivity index is 2.51. The molecule has 2 heteroatoms. The molecule has 0 aliphatic carbocycles. The second-order valence-electron chi connectivity index (χ2n) is 13.4. The van der Waals surface area contributed by atoms with Crippen molar-refractivity contribution in [3.63, 3.8) is 0 Å². The lowest BCUT2D eigenvalue weighted by Crippen LogP contribution is -2.09. The van der Waals surface area contributed by atoms with E-state index >= 15 is 0 Å². The topological polar surface area (TPSA) is 24.7 Å². The summed E-state index contributed by atoms with van der Waals surface area (Å²) in [5.74, 6) is 0. The van der Waals surface area contributed by atoms with E-state index in [0.717, 1.165) is 42.1 Å². The Labute approximate surface area is 280 Å². The molecule has 2 rings (SSSR count). The van der Waals surface area contributed by atoms with Gasteiger partial charge in [0.25, 0.3) is 0 Å². The lowest BCUT2D eigenvalue weighted by molar-refractivity contribution is 0.657. The Morgan fingerprint density at radius 1 is 0.444 bits per heavy atom. The Bertz CT molecular complexity index is 1140.